The Kier molecular flexibility index (Phi) is 2.28. The van der Waals surface area contributed by atoms with Gasteiger partial charge >= 0.3 is 0 Å². The molecule has 3 rings (SSSR count). The summed E-state index contributed by atoms with van der Waals surface area (Å²) in [5.74, 6) is 0.520. The summed E-state index contributed by atoms with van der Waals surface area (Å²) in [7, 11) is 0. The number of hydrogen-bond donors (Lipinski definition) is 1. The lowest BCUT2D eigenvalue weighted by Gasteiger charge is -2.04. The molecule has 3 nitrogen and oxygen atoms in total. The quantitative estimate of drug-likeness (QED) is 0.825. The molecule has 1 saturated carbocycles. The summed E-state index contributed by atoms with van der Waals surface area (Å²) in [6.45, 7) is 0. The van der Waals surface area contributed by atoms with E-state index in [4.69, 9.17) is 17.3 Å². The van der Waals surface area contributed by atoms with Crippen LogP contribution in [0.4, 0.5) is 5.69 Å². The summed E-state index contributed by atoms with van der Waals surface area (Å²) in [5.41, 5.74) is 8.40. The van der Waals surface area contributed by atoms with E-state index in [0.717, 1.165) is 16.5 Å². The van der Waals surface area contributed by atoms with Crippen LogP contribution < -0.4 is 5.73 Å². The first-order valence-electron chi connectivity index (χ1n) is 5.69. The van der Waals surface area contributed by atoms with Crippen molar-refractivity contribution < 1.29 is 0 Å². The number of fused-ring (bicyclic) bond motifs is 1. The van der Waals surface area contributed by atoms with Gasteiger partial charge in [0.15, 0.2) is 5.65 Å². The third-order valence-corrected chi connectivity index (χ3v) is 3.76. The largest absolute Gasteiger partial charge is 0.396 e. The van der Waals surface area contributed by atoms with Crippen molar-refractivity contribution in [1.82, 2.24) is 9.38 Å². The minimum atomic E-state index is 0.520. The summed E-state index contributed by atoms with van der Waals surface area (Å²) >= 11 is 6.35. The molecule has 0 aromatic carbocycles. The molecule has 1 aliphatic rings. The normalized spacial score (nSPS) is 17.3. The van der Waals surface area contributed by atoms with Crippen molar-refractivity contribution in [2.45, 2.75) is 31.6 Å². The number of anilines is 1. The van der Waals surface area contributed by atoms with Crippen LogP contribution in [0.15, 0.2) is 18.3 Å². The van der Waals surface area contributed by atoms with E-state index in [1.807, 2.05) is 22.7 Å². The van der Waals surface area contributed by atoms with Gasteiger partial charge in [0.1, 0.15) is 5.15 Å². The van der Waals surface area contributed by atoms with Gasteiger partial charge in [0, 0.05) is 12.1 Å². The maximum absolute atomic E-state index is 6.35. The standard InChI is InChI=1S/C12H14ClN3/c13-11-10(8-4-1-2-5-8)15-12-9(14)6-3-7-16(11)12/h3,6-8H,1-2,4-5,14H2. The smallest absolute Gasteiger partial charge is 0.161 e. The van der Waals surface area contributed by atoms with Crippen molar-refractivity contribution >= 4 is 22.9 Å². The Hall–Kier alpha value is -1.22. The lowest BCUT2D eigenvalue weighted by Crippen LogP contribution is -1.93. The molecule has 0 amide bonds. The van der Waals surface area contributed by atoms with Crippen LogP contribution in [0.1, 0.15) is 37.3 Å². The van der Waals surface area contributed by atoms with Gasteiger partial charge in [-0.15, -0.1) is 0 Å². The molecule has 84 valence electrons. The molecule has 2 heterocycles. The van der Waals surface area contributed by atoms with Gasteiger partial charge in [-0.05, 0) is 25.0 Å². The summed E-state index contributed by atoms with van der Waals surface area (Å²) in [6.07, 6.45) is 6.88. The zero-order chi connectivity index (χ0) is 11.1. The molecule has 2 aromatic rings. The second kappa shape index (κ2) is 3.67. The fourth-order valence-electron chi connectivity index (χ4n) is 2.54. The van der Waals surface area contributed by atoms with Crippen LogP contribution in [-0.2, 0) is 0 Å². The van der Waals surface area contributed by atoms with E-state index in [1.54, 1.807) is 0 Å². The Morgan fingerprint density at radius 2 is 2.12 bits per heavy atom. The molecule has 1 aliphatic carbocycles. The van der Waals surface area contributed by atoms with Crippen molar-refractivity contribution in [2.75, 3.05) is 5.73 Å². The van der Waals surface area contributed by atoms with E-state index in [-0.39, 0.29) is 0 Å². The van der Waals surface area contributed by atoms with Crippen molar-refractivity contribution in [3.8, 4) is 0 Å². The molecule has 0 saturated heterocycles. The second-order valence-corrected chi connectivity index (χ2v) is 4.78. The van der Waals surface area contributed by atoms with Gasteiger partial charge in [-0.3, -0.25) is 4.40 Å². The molecule has 1 fully saturated rings. The summed E-state index contributed by atoms with van der Waals surface area (Å²) < 4.78 is 1.88. The zero-order valence-corrected chi connectivity index (χ0v) is 9.74. The molecular formula is C12H14ClN3. The Balaban J connectivity index is 2.18. The number of imidazole rings is 1. The average molecular weight is 236 g/mol. The number of halogens is 1. The Morgan fingerprint density at radius 1 is 1.38 bits per heavy atom. The molecule has 0 spiro atoms. The topological polar surface area (TPSA) is 43.3 Å². The van der Waals surface area contributed by atoms with Gasteiger partial charge in [-0.2, -0.15) is 0 Å². The van der Waals surface area contributed by atoms with Crippen LogP contribution in [0, 0.1) is 0 Å². The van der Waals surface area contributed by atoms with E-state index >= 15 is 0 Å². The third kappa shape index (κ3) is 1.39. The highest BCUT2D eigenvalue weighted by molar-refractivity contribution is 6.30. The monoisotopic (exact) mass is 235 g/mol. The highest BCUT2D eigenvalue weighted by Gasteiger charge is 2.23. The molecule has 2 aromatic heterocycles. The molecule has 2 N–H and O–H groups in total. The number of nitrogens with two attached hydrogens (primary N) is 1. The van der Waals surface area contributed by atoms with Crippen LogP contribution >= 0.6 is 11.6 Å². The van der Waals surface area contributed by atoms with Crippen molar-refractivity contribution in [1.29, 1.82) is 0 Å². The number of nitrogens with zero attached hydrogens (tertiary/aromatic N) is 2. The molecular weight excluding hydrogens is 222 g/mol. The summed E-state index contributed by atoms with van der Waals surface area (Å²) in [6, 6.07) is 3.76. The highest BCUT2D eigenvalue weighted by Crippen LogP contribution is 2.37. The van der Waals surface area contributed by atoms with Crippen LogP contribution in [0.5, 0.6) is 0 Å². The Labute approximate surface area is 99.2 Å². The third-order valence-electron chi connectivity index (χ3n) is 3.39. The van der Waals surface area contributed by atoms with Crippen molar-refractivity contribution in [2.24, 2.45) is 0 Å². The maximum Gasteiger partial charge on any atom is 0.161 e. The van der Waals surface area contributed by atoms with Gasteiger partial charge in [0.25, 0.3) is 0 Å². The SMILES string of the molecule is Nc1cccn2c(Cl)c(C3CCCC3)nc12. The fraction of sp³-hybridized carbons (Fsp3) is 0.417. The van der Waals surface area contributed by atoms with E-state index in [0.29, 0.717) is 11.6 Å². The first-order valence-corrected chi connectivity index (χ1v) is 6.07. The van der Waals surface area contributed by atoms with Gasteiger partial charge in [-0.1, -0.05) is 24.4 Å². The van der Waals surface area contributed by atoms with Crippen LogP contribution in [0.3, 0.4) is 0 Å². The van der Waals surface area contributed by atoms with Gasteiger partial charge < -0.3 is 5.73 Å². The maximum atomic E-state index is 6.35. The molecule has 4 heteroatoms. The fourth-order valence-corrected chi connectivity index (χ4v) is 2.87. The lowest BCUT2D eigenvalue weighted by molar-refractivity contribution is 0.703. The minimum absolute atomic E-state index is 0.520. The first-order chi connectivity index (χ1) is 7.77. The van der Waals surface area contributed by atoms with Gasteiger partial charge in [-0.25, -0.2) is 4.98 Å². The first kappa shape index (κ1) is 9.97. The number of nitrogen functional groups attached to an aromatic ring is 1. The molecule has 0 radical (unpaired) electrons. The molecule has 0 bridgehead atoms. The van der Waals surface area contributed by atoms with E-state index in [1.165, 1.54) is 25.7 Å². The van der Waals surface area contributed by atoms with E-state index in [9.17, 15) is 0 Å². The summed E-state index contributed by atoms with van der Waals surface area (Å²) in [5, 5.41) is 0.731. The average Bonchev–Trinajstić information content (AvgIpc) is 2.88. The van der Waals surface area contributed by atoms with Crippen molar-refractivity contribution in [3.63, 3.8) is 0 Å². The lowest BCUT2D eigenvalue weighted by atomic mass is 10.1. The van der Waals surface area contributed by atoms with E-state index < -0.39 is 0 Å². The minimum Gasteiger partial charge on any atom is -0.396 e. The second-order valence-electron chi connectivity index (χ2n) is 4.43. The molecule has 0 aliphatic heterocycles. The predicted molar refractivity (Wildman–Crippen MR) is 65.8 cm³/mol. The van der Waals surface area contributed by atoms with Crippen molar-refractivity contribution in [3.05, 3.63) is 29.2 Å². The predicted octanol–water partition coefficient (Wildman–Crippen LogP) is 3.23. The Morgan fingerprint density at radius 3 is 2.81 bits per heavy atom. The highest BCUT2D eigenvalue weighted by atomic mass is 35.5. The number of hydrogen-bond acceptors (Lipinski definition) is 2. The number of aromatic nitrogens is 2. The number of rotatable bonds is 1. The molecule has 0 unspecified atom stereocenters. The van der Waals surface area contributed by atoms with Gasteiger partial charge in [0.2, 0.25) is 0 Å². The van der Waals surface area contributed by atoms with E-state index in [2.05, 4.69) is 4.98 Å². The summed E-state index contributed by atoms with van der Waals surface area (Å²) in [4.78, 5) is 4.60. The van der Waals surface area contributed by atoms with Crippen LogP contribution in [0.25, 0.3) is 5.65 Å². The van der Waals surface area contributed by atoms with Crippen LogP contribution in [-0.4, -0.2) is 9.38 Å². The van der Waals surface area contributed by atoms with Crippen LogP contribution in [0.2, 0.25) is 5.15 Å². The number of pyridine rings is 1. The zero-order valence-electron chi connectivity index (χ0n) is 8.99. The van der Waals surface area contributed by atoms with Gasteiger partial charge in [0.05, 0.1) is 11.4 Å². The molecule has 0 atom stereocenters. The molecule has 16 heavy (non-hydrogen) atoms. The Bertz CT molecular complexity index is 526.